The van der Waals surface area contributed by atoms with Gasteiger partial charge in [0.15, 0.2) is 5.16 Å². The van der Waals surface area contributed by atoms with E-state index in [1.54, 1.807) is 40.6 Å². The number of carbonyl (C=O) groups is 1. The van der Waals surface area contributed by atoms with E-state index in [1.807, 2.05) is 0 Å². The molecule has 1 fully saturated rings. The maximum absolute atomic E-state index is 14.6. The number of nitrogens with zero attached hydrogens (tertiary/aromatic N) is 4. The molecule has 0 bridgehead atoms. The SMILES string of the molecule is O=C(CSc1nc2ccsc2c(=O)n1-c1ccccc1F)N1CCN(c2ccc(F)cc2)CC1. The van der Waals surface area contributed by atoms with E-state index in [2.05, 4.69) is 9.88 Å². The first-order valence-corrected chi connectivity index (χ1v) is 12.5. The number of piperazine rings is 1. The zero-order valence-electron chi connectivity index (χ0n) is 18.0. The van der Waals surface area contributed by atoms with Gasteiger partial charge in [-0.3, -0.25) is 14.2 Å². The van der Waals surface area contributed by atoms with E-state index in [9.17, 15) is 18.4 Å². The van der Waals surface area contributed by atoms with Crippen LogP contribution in [0.1, 0.15) is 0 Å². The number of fused-ring (bicyclic) bond motifs is 1. The van der Waals surface area contributed by atoms with Gasteiger partial charge >= 0.3 is 0 Å². The molecule has 0 unspecified atom stereocenters. The van der Waals surface area contributed by atoms with Crippen LogP contribution in [0.3, 0.4) is 0 Å². The van der Waals surface area contributed by atoms with E-state index in [0.29, 0.717) is 36.4 Å². The summed E-state index contributed by atoms with van der Waals surface area (Å²) < 4.78 is 29.4. The van der Waals surface area contributed by atoms with E-state index in [4.69, 9.17) is 0 Å². The average molecular weight is 499 g/mol. The van der Waals surface area contributed by atoms with Crippen LogP contribution in [-0.4, -0.2) is 52.3 Å². The van der Waals surface area contributed by atoms with Gasteiger partial charge in [-0.05, 0) is 47.8 Å². The minimum atomic E-state index is -0.535. The Bertz CT molecular complexity index is 1400. The molecule has 0 radical (unpaired) electrons. The number of aromatic nitrogens is 2. The number of hydrogen-bond donors (Lipinski definition) is 0. The molecular weight excluding hydrogens is 478 g/mol. The quantitative estimate of drug-likeness (QED) is 0.305. The first-order valence-electron chi connectivity index (χ1n) is 10.7. The number of carbonyl (C=O) groups excluding carboxylic acids is 1. The van der Waals surface area contributed by atoms with Crippen LogP contribution in [0.15, 0.2) is 69.9 Å². The third kappa shape index (κ3) is 4.43. The van der Waals surface area contributed by atoms with Crippen molar-refractivity contribution in [3.8, 4) is 5.69 Å². The molecule has 0 aliphatic carbocycles. The van der Waals surface area contributed by atoms with Gasteiger partial charge in [0.2, 0.25) is 5.91 Å². The van der Waals surface area contributed by atoms with Gasteiger partial charge in [-0.25, -0.2) is 13.8 Å². The maximum Gasteiger partial charge on any atom is 0.276 e. The number of benzene rings is 2. The zero-order valence-corrected chi connectivity index (χ0v) is 19.6. The monoisotopic (exact) mass is 498 g/mol. The summed E-state index contributed by atoms with van der Waals surface area (Å²) in [6, 6.07) is 14.1. The van der Waals surface area contributed by atoms with Crippen molar-refractivity contribution < 1.29 is 13.6 Å². The molecule has 34 heavy (non-hydrogen) atoms. The summed E-state index contributed by atoms with van der Waals surface area (Å²) in [6.07, 6.45) is 0. The number of halogens is 2. The Balaban J connectivity index is 1.32. The fourth-order valence-electron chi connectivity index (χ4n) is 3.92. The standard InChI is InChI=1S/C24H20F2N4O2S2/c25-16-5-7-17(8-6-16)28-10-12-29(13-11-28)21(31)15-34-24-27-19-9-14-33-22(19)23(32)30(24)20-4-2-1-3-18(20)26/h1-9,14H,10-13,15H2. The molecule has 0 spiro atoms. The lowest BCUT2D eigenvalue weighted by Crippen LogP contribution is -2.49. The van der Waals surface area contributed by atoms with E-state index < -0.39 is 5.82 Å². The summed E-state index contributed by atoms with van der Waals surface area (Å²) in [7, 11) is 0. The number of thioether (sulfide) groups is 1. The molecule has 6 nitrogen and oxygen atoms in total. The van der Waals surface area contributed by atoms with Crippen molar-refractivity contribution in [3.05, 3.63) is 82.0 Å². The molecule has 10 heteroatoms. The highest BCUT2D eigenvalue weighted by molar-refractivity contribution is 7.99. The number of amides is 1. The number of hydrogen-bond acceptors (Lipinski definition) is 6. The Hall–Kier alpha value is -3.24. The molecule has 4 aromatic rings. The van der Waals surface area contributed by atoms with Gasteiger partial charge in [-0.15, -0.1) is 11.3 Å². The van der Waals surface area contributed by atoms with E-state index in [0.717, 1.165) is 17.4 Å². The summed E-state index contributed by atoms with van der Waals surface area (Å²) in [5.41, 5.74) is 1.21. The van der Waals surface area contributed by atoms with Gasteiger partial charge in [0.25, 0.3) is 5.56 Å². The predicted octanol–water partition coefficient (Wildman–Crippen LogP) is 4.17. The molecule has 2 aromatic carbocycles. The first kappa shape index (κ1) is 22.5. The van der Waals surface area contributed by atoms with Crippen LogP contribution in [0.2, 0.25) is 0 Å². The summed E-state index contributed by atoms with van der Waals surface area (Å²) in [6.45, 7) is 2.35. The molecule has 1 amide bonds. The lowest BCUT2D eigenvalue weighted by molar-refractivity contribution is -0.128. The van der Waals surface area contributed by atoms with Crippen molar-refractivity contribution in [1.29, 1.82) is 0 Å². The summed E-state index contributed by atoms with van der Waals surface area (Å²) in [4.78, 5) is 34.5. The molecule has 1 aliphatic heterocycles. The van der Waals surface area contributed by atoms with Crippen LogP contribution in [0.5, 0.6) is 0 Å². The molecule has 0 N–H and O–H groups in total. The van der Waals surface area contributed by atoms with Gasteiger partial charge in [0.1, 0.15) is 16.3 Å². The summed E-state index contributed by atoms with van der Waals surface area (Å²) in [5.74, 6) is -0.818. The third-order valence-electron chi connectivity index (χ3n) is 5.69. The van der Waals surface area contributed by atoms with Crippen molar-refractivity contribution in [2.75, 3.05) is 36.8 Å². The molecule has 0 atom stereocenters. The lowest BCUT2D eigenvalue weighted by Gasteiger charge is -2.36. The van der Waals surface area contributed by atoms with Crippen LogP contribution in [0, 0.1) is 11.6 Å². The van der Waals surface area contributed by atoms with E-state index in [-0.39, 0.29) is 33.9 Å². The van der Waals surface area contributed by atoms with Crippen LogP contribution in [0.25, 0.3) is 15.9 Å². The van der Waals surface area contributed by atoms with Gasteiger partial charge in [0.05, 0.1) is 17.0 Å². The molecule has 3 heterocycles. The molecule has 0 saturated carbocycles. The highest BCUT2D eigenvalue weighted by atomic mass is 32.2. The lowest BCUT2D eigenvalue weighted by atomic mass is 10.2. The van der Waals surface area contributed by atoms with Crippen molar-refractivity contribution >= 4 is 44.9 Å². The topological polar surface area (TPSA) is 58.4 Å². The Morgan fingerprint density at radius 3 is 2.47 bits per heavy atom. The fraction of sp³-hybridized carbons (Fsp3) is 0.208. The Labute approximate surface area is 202 Å². The Morgan fingerprint density at radius 1 is 1.00 bits per heavy atom. The smallest absolute Gasteiger partial charge is 0.276 e. The molecule has 1 aliphatic rings. The van der Waals surface area contributed by atoms with E-state index in [1.165, 1.54) is 40.2 Å². The highest BCUT2D eigenvalue weighted by Gasteiger charge is 2.23. The molecule has 1 saturated heterocycles. The Morgan fingerprint density at radius 2 is 1.74 bits per heavy atom. The zero-order chi connectivity index (χ0) is 23.7. The minimum absolute atomic E-state index is 0.0765. The second-order valence-electron chi connectivity index (χ2n) is 7.75. The van der Waals surface area contributed by atoms with Crippen molar-refractivity contribution in [2.45, 2.75) is 5.16 Å². The van der Waals surface area contributed by atoms with Crippen LogP contribution < -0.4 is 10.5 Å². The fourth-order valence-corrected chi connectivity index (χ4v) is 5.59. The van der Waals surface area contributed by atoms with Gasteiger partial charge in [-0.1, -0.05) is 23.9 Å². The van der Waals surface area contributed by atoms with Crippen LogP contribution in [-0.2, 0) is 4.79 Å². The largest absolute Gasteiger partial charge is 0.368 e. The third-order valence-corrected chi connectivity index (χ3v) is 7.51. The van der Waals surface area contributed by atoms with Gasteiger partial charge in [0, 0.05) is 31.9 Å². The highest BCUT2D eigenvalue weighted by Crippen LogP contribution is 2.25. The molecule has 2 aromatic heterocycles. The van der Waals surface area contributed by atoms with Crippen molar-refractivity contribution in [2.24, 2.45) is 0 Å². The second kappa shape index (κ2) is 9.55. The van der Waals surface area contributed by atoms with Crippen LogP contribution >= 0.6 is 23.1 Å². The average Bonchev–Trinajstić information content (AvgIpc) is 3.33. The minimum Gasteiger partial charge on any atom is -0.368 e. The van der Waals surface area contributed by atoms with Crippen molar-refractivity contribution in [1.82, 2.24) is 14.5 Å². The van der Waals surface area contributed by atoms with E-state index >= 15 is 0 Å². The summed E-state index contributed by atoms with van der Waals surface area (Å²) in [5, 5.41) is 2.05. The maximum atomic E-state index is 14.6. The van der Waals surface area contributed by atoms with Crippen molar-refractivity contribution in [3.63, 3.8) is 0 Å². The summed E-state index contributed by atoms with van der Waals surface area (Å²) >= 11 is 2.38. The molecular formula is C24H20F2N4O2S2. The number of anilines is 1. The van der Waals surface area contributed by atoms with Crippen LogP contribution in [0.4, 0.5) is 14.5 Å². The number of rotatable bonds is 5. The first-order chi connectivity index (χ1) is 16.5. The van der Waals surface area contributed by atoms with Gasteiger partial charge in [-0.2, -0.15) is 0 Å². The van der Waals surface area contributed by atoms with Gasteiger partial charge < -0.3 is 9.80 Å². The number of para-hydroxylation sites is 1. The Kier molecular flexibility index (Phi) is 6.34. The predicted molar refractivity (Wildman–Crippen MR) is 131 cm³/mol. The second-order valence-corrected chi connectivity index (χ2v) is 9.61. The molecule has 174 valence electrons. The molecule has 5 rings (SSSR count). The number of thiophene rings is 1. The normalized spacial score (nSPS) is 14.1.